The van der Waals surface area contributed by atoms with Gasteiger partial charge in [0.25, 0.3) is 0 Å². The maximum atomic E-state index is 11.9. The first kappa shape index (κ1) is 20.9. The SMILES string of the molecule is CNCC(C)C(=O)NCc1ccc(S(=O)(=O)N(C)C)cc1.Cl. The normalized spacial score (nSPS) is 12.6. The lowest BCUT2D eigenvalue weighted by atomic mass is 10.1. The van der Waals surface area contributed by atoms with E-state index >= 15 is 0 Å². The van der Waals surface area contributed by atoms with Crippen molar-refractivity contribution in [3.8, 4) is 0 Å². The number of hydrogen-bond donors (Lipinski definition) is 2. The number of amides is 1. The Morgan fingerprint density at radius 3 is 2.23 bits per heavy atom. The second-order valence-corrected chi connectivity index (χ2v) is 7.26. The van der Waals surface area contributed by atoms with Crippen molar-refractivity contribution in [3.63, 3.8) is 0 Å². The molecule has 0 aliphatic carbocycles. The Labute approximate surface area is 138 Å². The second kappa shape index (κ2) is 9.09. The van der Waals surface area contributed by atoms with Crippen LogP contribution in [0.4, 0.5) is 0 Å². The molecule has 0 saturated carbocycles. The van der Waals surface area contributed by atoms with Crippen LogP contribution in [0.1, 0.15) is 12.5 Å². The topological polar surface area (TPSA) is 78.5 Å². The van der Waals surface area contributed by atoms with E-state index in [1.807, 2.05) is 6.92 Å². The van der Waals surface area contributed by atoms with Gasteiger partial charge >= 0.3 is 0 Å². The molecule has 1 amide bonds. The summed E-state index contributed by atoms with van der Waals surface area (Å²) >= 11 is 0. The molecule has 1 aromatic carbocycles. The molecular formula is C14H24ClN3O3S. The minimum Gasteiger partial charge on any atom is -0.352 e. The zero-order valence-electron chi connectivity index (χ0n) is 13.3. The third-order valence-corrected chi connectivity index (χ3v) is 4.96. The summed E-state index contributed by atoms with van der Waals surface area (Å²) in [6.45, 7) is 2.85. The molecule has 6 nitrogen and oxygen atoms in total. The van der Waals surface area contributed by atoms with E-state index in [-0.39, 0.29) is 29.1 Å². The Balaban J connectivity index is 0.00000441. The smallest absolute Gasteiger partial charge is 0.242 e. The molecule has 0 aliphatic rings. The number of nitrogens with one attached hydrogen (secondary N) is 2. The molecule has 8 heteroatoms. The Morgan fingerprint density at radius 2 is 1.77 bits per heavy atom. The standard InChI is InChI=1S/C14H23N3O3S.ClH/c1-11(9-15-2)14(18)16-10-12-5-7-13(8-6-12)21(19,20)17(3)4;/h5-8,11,15H,9-10H2,1-4H3,(H,16,18);1H. The van der Waals surface area contributed by atoms with E-state index in [4.69, 9.17) is 0 Å². The molecule has 126 valence electrons. The van der Waals surface area contributed by atoms with Gasteiger partial charge in [-0.25, -0.2) is 12.7 Å². The Kier molecular flexibility index (Phi) is 8.62. The fraction of sp³-hybridized carbons (Fsp3) is 0.500. The Morgan fingerprint density at radius 1 is 1.23 bits per heavy atom. The zero-order chi connectivity index (χ0) is 16.0. The summed E-state index contributed by atoms with van der Waals surface area (Å²) in [5.41, 5.74) is 0.859. The highest BCUT2D eigenvalue weighted by atomic mass is 35.5. The monoisotopic (exact) mass is 349 g/mol. The van der Waals surface area contributed by atoms with E-state index in [9.17, 15) is 13.2 Å². The fourth-order valence-electron chi connectivity index (χ4n) is 1.75. The molecule has 0 aromatic heterocycles. The van der Waals surface area contributed by atoms with Crippen molar-refractivity contribution < 1.29 is 13.2 Å². The lowest BCUT2D eigenvalue weighted by molar-refractivity contribution is -0.124. The van der Waals surface area contributed by atoms with Crippen molar-refractivity contribution in [1.82, 2.24) is 14.9 Å². The van der Waals surface area contributed by atoms with Gasteiger partial charge in [-0.1, -0.05) is 19.1 Å². The summed E-state index contributed by atoms with van der Waals surface area (Å²) < 4.78 is 25.0. The highest BCUT2D eigenvalue weighted by Gasteiger charge is 2.16. The maximum absolute atomic E-state index is 11.9. The predicted molar refractivity (Wildman–Crippen MR) is 89.5 cm³/mol. The summed E-state index contributed by atoms with van der Waals surface area (Å²) in [4.78, 5) is 12.0. The van der Waals surface area contributed by atoms with Crippen LogP contribution in [0.15, 0.2) is 29.2 Å². The van der Waals surface area contributed by atoms with Crippen molar-refractivity contribution in [2.24, 2.45) is 5.92 Å². The summed E-state index contributed by atoms with van der Waals surface area (Å²) in [6, 6.07) is 6.51. The van der Waals surface area contributed by atoms with E-state index < -0.39 is 10.0 Å². The minimum atomic E-state index is -3.41. The van der Waals surface area contributed by atoms with Crippen molar-refractivity contribution in [1.29, 1.82) is 0 Å². The summed E-state index contributed by atoms with van der Waals surface area (Å²) in [5, 5.41) is 5.77. The number of nitrogens with zero attached hydrogens (tertiary/aromatic N) is 1. The third-order valence-electron chi connectivity index (χ3n) is 3.13. The third kappa shape index (κ3) is 5.57. The molecule has 0 aliphatic heterocycles. The molecule has 0 heterocycles. The van der Waals surface area contributed by atoms with E-state index in [1.165, 1.54) is 18.4 Å². The van der Waals surface area contributed by atoms with Crippen molar-refractivity contribution >= 4 is 28.3 Å². The van der Waals surface area contributed by atoms with E-state index in [1.54, 1.807) is 31.3 Å². The molecule has 0 spiro atoms. The number of hydrogen-bond acceptors (Lipinski definition) is 4. The van der Waals surface area contributed by atoms with Gasteiger partial charge in [-0.15, -0.1) is 12.4 Å². The molecule has 1 unspecified atom stereocenters. The number of carbonyl (C=O) groups excluding carboxylic acids is 1. The first-order chi connectivity index (χ1) is 9.78. The van der Waals surface area contributed by atoms with Crippen molar-refractivity contribution in [2.45, 2.75) is 18.4 Å². The van der Waals surface area contributed by atoms with E-state index in [0.717, 1.165) is 5.56 Å². The highest BCUT2D eigenvalue weighted by molar-refractivity contribution is 7.89. The number of benzene rings is 1. The number of halogens is 1. The van der Waals surface area contributed by atoms with E-state index in [2.05, 4.69) is 10.6 Å². The van der Waals surface area contributed by atoms with Crippen LogP contribution in [-0.2, 0) is 21.4 Å². The van der Waals surface area contributed by atoms with Crippen LogP contribution in [0.3, 0.4) is 0 Å². The van der Waals surface area contributed by atoms with Gasteiger partial charge in [0.15, 0.2) is 0 Å². The van der Waals surface area contributed by atoms with Crippen molar-refractivity contribution in [2.75, 3.05) is 27.7 Å². The predicted octanol–water partition coefficient (Wildman–Crippen LogP) is 0.830. The summed E-state index contributed by atoms with van der Waals surface area (Å²) in [5.74, 6) is -0.141. The average Bonchev–Trinajstić information content (AvgIpc) is 2.45. The van der Waals surface area contributed by atoms with Crippen LogP contribution in [0.5, 0.6) is 0 Å². The van der Waals surface area contributed by atoms with Crippen LogP contribution >= 0.6 is 12.4 Å². The highest BCUT2D eigenvalue weighted by Crippen LogP contribution is 2.13. The lowest BCUT2D eigenvalue weighted by Gasteiger charge is -2.13. The van der Waals surface area contributed by atoms with E-state index in [0.29, 0.717) is 13.1 Å². The van der Waals surface area contributed by atoms with Gasteiger partial charge in [0.05, 0.1) is 4.90 Å². The minimum absolute atomic E-state index is 0. The van der Waals surface area contributed by atoms with Gasteiger partial charge in [-0.2, -0.15) is 0 Å². The second-order valence-electron chi connectivity index (χ2n) is 5.11. The molecule has 1 rings (SSSR count). The van der Waals surface area contributed by atoms with Crippen LogP contribution in [0.25, 0.3) is 0 Å². The van der Waals surface area contributed by atoms with Crippen LogP contribution in [0, 0.1) is 5.92 Å². The molecular weight excluding hydrogens is 326 g/mol. The molecule has 2 N–H and O–H groups in total. The fourth-order valence-corrected chi connectivity index (χ4v) is 2.65. The summed E-state index contributed by atoms with van der Waals surface area (Å²) in [7, 11) is 1.38. The quantitative estimate of drug-likeness (QED) is 0.764. The Hall–Kier alpha value is -1.15. The first-order valence-corrected chi connectivity index (χ1v) is 8.16. The van der Waals surface area contributed by atoms with Crippen LogP contribution < -0.4 is 10.6 Å². The largest absolute Gasteiger partial charge is 0.352 e. The molecule has 0 bridgehead atoms. The molecule has 1 aromatic rings. The molecule has 0 radical (unpaired) electrons. The Bertz CT molecular complexity index is 574. The van der Waals surface area contributed by atoms with Crippen LogP contribution in [-0.4, -0.2) is 46.3 Å². The van der Waals surface area contributed by atoms with Gasteiger partial charge in [0.2, 0.25) is 15.9 Å². The van der Waals surface area contributed by atoms with Crippen LogP contribution in [0.2, 0.25) is 0 Å². The number of rotatable bonds is 7. The summed E-state index contributed by atoms with van der Waals surface area (Å²) in [6.07, 6.45) is 0. The molecule has 1 atom stereocenters. The van der Waals surface area contributed by atoms with Gasteiger partial charge < -0.3 is 10.6 Å². The van der Waals surface area contributed by atoms with Crippen molar-refractivity contribution in [3.05, 3.63) is 29.8 Å². The number of sulfonamides is 1. The molecule has 0 saturated heterocycles. The lowest BCUT2D eigenvalue weighted by Crippen LogP contribution is -2.33. The van der Waals surface area contributed by atoms with Gasteiger partial charge in [0, 0.05) is 33.1 Å². The molecule has 22 heavy (non-hydrogen) atoms. The van der Waals surface area contributed by atoms with Gasteiger partial charge in [-0.05, 0) is 24.7 Å². The van der Waals surface area contributed by atoms with Gasteiger partial charge in [-0.3, -0.25) is 4.79 Å². The zero-order valence-corrected chi connectivity index (χ0v) is 14.9. The number of carbonyl (C=O) groups is 1. The molecule has 0 fully saturated rings. The first-order valence-electron chi connectivity index (χ1n) is 6.72. The van der Waals surface area contributed by atoms with Gasteiger partial charge in [0.1, 0.15) is 0 Å². The average molecular weight is 350 g/mol. The maximum Gasteiger partial charge on any atom is 0.242 e.